The number of hydrogen-bond donors (Lipinski definition) is 1. The Morgan fingerprint density at radius 1 is 1.36 bits per heavy atom. The summed E-state index contributed by atoms with van der Waals surface area (Å²) in [5.41, 5.74) is 1.94. The summed E-state index contributed by atoms with van der Waals surface area (Å²) in [5.74, 6) is 0.0741. The summed E-state index contributed by atoms with van der Waals surface area (Å²) in [7, 11) is 0. The van der Waals surface area contributed by atoms with E-state index in [1.165, 1.54) is 11.8 Å². The van der Waals surface area contributed by atoms with E-state index in [-0.39, 0.29) is 11.9 Å². The van der Waals surface area contributed by atoms with Gasteiger partial charge in [0.25, 0.3) is 5.91 Å². The van der Waals surface area contributed by atoms with Gasteiger partial charge < -0.3 is 5.32 Å². The summed E-state index contributed by atoms with van der Waals surface area (Å²) < 4.78 is 1.84. The second-order valence-corrected chi connectivity index (χ2v) is 6.73. The fourth-order valence-corrected chi connectivity index (χ4v) is 3.19. The Bertz CT molecular complexity index is 957. The van der Waals surface area contributed by atoms with Crippen molar-refractivity contribution in [3.8, 4) is 6.07 Å². The van der Waals surface area contributed by atoms with E-state index >= 15 is 0 Å². The molecule has 7 heteroatoms. The van der Waals surface area contributed by atoms with Crippen LogP contribution < -0.4 is 5.32 Å². The molecular formula is C18H17N5OS. The number of aromatic nitrogens is 3. The van der Waals surface area contributed by atoms with E-state index in [1.807, 2.05) is 36.7 Å². The number of carbonyl (C=O) groups is 1. The number of rotatable bonds is 5. The highest BCUT2D eigenvalue weighted by atomic mass is 32.2. The molecule has 1 N–H and O–H groups in total. The molecule has 1 aromatic carbocycles. The molecule has 0 atom stereocenters. The van der Waals surface area contributed by atoms with Gasteiger partial charge in [-0.05, 0) is 32.0 Å². The molecule has 25 heavy (non-hydrogen) atoms. The number of anilines is 1. The lowest BCUT2D eigenvalue weighted by molar-refractivity contribution is 0.102. The van der Waals surface area contributed by atoms with Crippen molar-refractivity contribution in [1.29, 1.82) is 5.26 Å². The van der Waals surface area contributed by atoms with Crippen LogP contribution in [0, 0.1) is 11.3 Å². The third-order valence-corrected chi connectivity index (χ3v) is 4.54. The quantitative estimate of drug-likeness (QED) is 0.705. The Morgan fingerprint density at radius 2 is 2.16 bits per heavy atom. The molecule has 6 nitrogen and oxygen atoms in total. The van der Waals surface area contributed by atoms with E-state index in [2.05, 4.69) is 21.5 Å². The number of nitriles is 1. The van der Waals surface area contributed by atoms with Gasteiger partial charge in [-0.3, -0.25) is 4.79 Å². The zero-order valence-electron chi connectivity index (χ0n) is 13.9. The summed E-state index contributed by atoms with van der Waals surface area (Å²) in [6, 6.07) is 11.4. The average molecular weight is 351 g/mol. The van der Waals surface area contributed by atoms with Gasteiger partial charge in [0.1, 0.15) is 0 Å². The van der Waals surface area contributed by atoms with E-state index in [0.717, 1.165) is 15.9 Å². The third kappa shape index (κ3) is 3.64. The lowest BCUT2D eigenvalue weighted by Crippen LogP contribution is -2.13. The number of amides is 1. The molecule has 0 fully saturated rings. The van der Waals surface area contributed by atoms with Gasteiger partial charge in [0.2, 0.25) is 0 Å². The van der Waals surface area contributed by atoms with Crippen molar-refractivity contribution in [3.63, 3.8) is 0 Å². The van der Waals surface area contributed by atoms with Crippen LogP contribution in [0.2, 0.25) is 0 Å². The normalized spacial score (nSPS) is 10.8. The molecule has 0 bridgehead atoms. The molecule has 0 saturated heterocycles. The van der Waals surface area contributed by atoms with Crippen LogP contribution in [-0.2, 0) is 0 Å². The van der Waals surface area contributed by atoms with Crippen molar-refractivity contribution in [1.82, 2.24) is 14.8 Å². The number of hydrogen-bond acceptors (Lipinski definition) is 5. The number of carbonyl (C=O) groups excluding carboxylic acids is 1. The van der Waals surface area contributed by atoms with Crippen LogP contribution in [0.5, 0.6) is 0 Å². The minimum Gasteiger partial charge on any atom is -0.321 e. The van der Waals surface area contributed by atoms with Gasteiger partial charge in [0.15, 0.2) is 5.65 Å². The molecule has 1 amide bonds. The molecule has 0 aliphatic heterocycles. The second-order valence-electron chi connectivity index (χ2n) is 5.72. The van der Waals surface area contributed by atoms with Crippen molar-refractivity contribution < 1.29 is 4.79 Å². The molecule has 0 radical (unpaired) electrons. The molecule has 2 aromatic heterocycles. The van der Waals surface area contributed by atoms with Gasteiger partial charge in [-0.25, -0.2) is 9.67 Å². The molecule has 126 valence electrons. The summed E-state index contributed by atoms with van der Waals surface area (Å²) in [6.45, 7) is 4.08. The fourth-order valence-electron chi connectivity index (χ4n) is 2.47. The lowest BCUT2D eigenvalue weighted by Gasteiger charge is -2.09. The Morgan fingerprint density at radius 3 is 2.92 bits per heavy atom. The van der Waals surface area contributed by atoms with Crippen LogP contribution in [0.1, 0.15) is 30.2 Å². The van der Waals surface area contributed by atoms with Crippen LogP contribution in [0.3, 0.4) is 0 Å². The Labute approximate surface area is 149 Å². The molecule has 2 heterocycles. The van der Waals surface area contributed by atoms with E-state index < -0.39 is 0 Å². The second kappa shape index (κ2) is 7.36. The summed E-state index contributed by atoms with van der Waals surface area (Å²) in [6.07, 6.45) is 3.38. The highest BCUT2D eigenvalue weighted by molar-refractivity contribution is 7.99. The first-order chi connectivity index (χ1) is 12.1. The number of thioether (sulfide) groups is 1. The van der Waals surface area contributed by atoms with Crippen molar-refractivity contribution in [2.75, 3.05) is 11.1 Å². The number of benzene rings is 1. The molecule has 0 aliphatic carbocycles. The zero-order chi connectivity index (χ0) is 17.8. The molecule has 0 saturated carbocycles. The summed E-state index contributed by atoms with van der Waals surface area (Å²) in [5, 5.41) is 16.8. The van der Waals surface area contributed by atoms with Crippen LogP contribution in [0.25, 0.3) is 11.0 Å². The monoisotopic (exact) mass is 351 g/mol. The SMILES string of the molecule is CC(C)n1ncc2cc(NC(=O)c3ccccc3SCC#N)cnc21. The van der Waals surface area contributed by atoms with Crippen LogP contribution >= 0.6 is 11.8 Å². The van der Waals surface area contributed by atoms with Crippen LogP contribution in [0.4, 0.5) is 5.69 Å². The topological polar surface area (TPSA) is 83.6 Å². The maximum absolute atomic E-state index is 12.6. The smallest absolute Gasteiger partial charge is 0.256 e. The van der Waals surface area contributed by atoms with Crippen LogP contribution in [0.15, 0.2) is 47.6 Å². The van der Waals surface area contributed by atoms with E-state index in [0.29, 0.717) is 17.0 Å². The minimum atomic E-state index is -0.224. The molecule has 3 rings (SSSR count). The van der Waals surface area contributed by atoms with Crippen molar-refractivity contribution >= 4 is 34.4 Å². The molecular weight excluding hydrogens is 334 g/mol. The van der Waals surface area contributed by atoms with Gasteiger partial charge >= 0.3 is 0 Å². The first-order valence-corrected chi connectivity index (χ1v) is 8.82. The van der Waals surface area contributed by atoms with Gasteiger partial charge in [0, 0.05) is 16.3 Å². The first-order valence-electron chi connectivity index (χ1n) is 7.83. The molecule has 0 unspecified atom stereocenters. The van der Waals surface area contributed by atoms with Crippen molar-refractivity contribution in [3.05, 3.63) is 48.3 Å². The van der Waals surface area contributed by atoms with E-state index in [9.17, 15) is 4.79 Å². The van der Waals surface area contributed by atoms with Gasteiger partial charge in [0.05, 0.1) is 35.5 Å². The number of nitrogens with one attached hydrogen (secondary N) is 1. The minimum absolute atomic E-state index is 0.217. The van der Waals surface area contributed by atoms with E-state index in [1.54, 1.807) is 24.5 Å². The number of nitrogens with zero attached hydrogens (tertiary/aromatic N) is 4. The van der Waals surface area contributed by atoms with Crippen molar-refractivity contribution in [2.45, 2.75) is 24.8 Å². The predicted molar refractivity (Wildman–Crippen MR) is 98.6 cm³/mol. The highest BCUT2D eigenvalue weighted by Gasteiger charge is 2.13. The fraction of sp³-hybridized carbons (Fsp3) is 0.222. The first kappa shape index (κ1) is 17.0. The predicted octanol–water partition coefficient (Wildman–Crippen LogP) is 3.88. The number of fused-ring (bicyclic) bond motifs is 1. The van der Waals surface area contributed by atoms with Gasteiger partial charge in [-0.1, -0.05) is 12.1 Å². The van der Waals surface area contributed by atoms with Gasteiger partial charge in [-0.2, -0.15) is 10.4 Å². The Balaban J connectivity index is 1.84. The Kier molecular flexibility index (Phi) is 5.00. The summed E-state index contributed by atoms with van der Waals surface area (Å²) >= 11 is 1.34. The maximum Gasteiger partial charge on any atom is 0.256 e. The summed E-state index contributed by atoms with van der Waals surface area (Å²) in [4.78, 5) is 17.8. The lowest BCUT2D eigenvalue weighted by atomic mass is 10.2. The largest absolute Gasteiger partial charge is 0.321 e. The molecule has 0 aliphatic rings. The Hall–Kier alpha value is -2.85. The zero-order valence-corrected chi connectivity index (χ0v) is 14.7. The molecule has 3 aromatic rings. The third-order valence-electron chi connectivity index (χ3n) is 3.60. The molecule has 0 spiro atoms. The maximum atomic E-state index is 12.6. The highest BCUT2D eigenvalue weighted by Crippen LogP contribution is 2.24. The number of pyridine rings is 1. The van der Waals surface area contributed by atoms with Gasteiger partial charge in [-0.15, -0.1) is 11.8 Å². The van der Waals surface area contributed by atoms with Crippen LogP contribution in [-0.4, -0.2) is 26.4 Å². The van der Waals surface area contributed by atoms with E-state index in [4.69, 9.17) is 5.26 Å². The van der Waals surface area contributed by atoms with Crippen molar-refractivity contribution in [2.24, 2.45) is 0 Å². The standard InChI is InChI=1S/C18H17N5OS/c1-12(2)23-17-13(10-21-23)9-14(11-20-17)22-18(24)15-5-3-4-6-16(15)25-8-7-19/h3-6,9-12H,8H2,1-2H3,(H,22,24). The average Bonchev–Trinajstić information content (AvgIpc) is 3.03.